The molecule has 0 spiro atoms. The van der Waals surface area contributed by atoms with Crippen LogP contribution in [0.4, 0.5) is 11.6 Å². The average molecular weight is 257 g/mol. The molecular weight excluding hydrogens is 246 g/mol. The molecule has 0 fully saturated rings. The van der Waals surface area contributed by atoms with Gasteiger partial charge in [0.2, 0.25) is 5.95 Å². The Balaban J connectivity index is 2.07. The smallest absolute Gasteiger partial charge is 0.232 e. The molecule has 0 atom stereocenters. The second-order valence-corrected chi connectivity index (χ2v) is 4.40. The van der Waals surface area contributed by atoms with Crippen LogP contribution in [0.1, 0.15) is 0 Å². The quantitative estimate of drug-likeness (QED) is 0.731. The van der Waals surface area contributed by atoms with Crippen molar-refractivity contribution in [3.05, 3.63) is 42.6 Å². The predicted molar refractivity (Wildman–Crippen MR) is 72.3 cm³/mol. The molecule has 6 heteroatoms. The minimum atomic E-state index is 0.667. The summed E-state index contributed by atoms with van der Waals surface area (Å²) in [5.41, 5.74) is 1.76. The molecule has 0 amide bonds. The highest BCUT2D eigenvalue weighted by Crippen LogP contribution is 2.18. The number of hydrogen-bond acceptors (Lipinski definition) is 5. The number of nitrogens with one attached hydrogen (secondary N) is 1. The van der Waals surface area contributed by atoms with Crippen molar-refractivity contribution in [3.8, 4) is 0 Å². The van der Waals surface area contributed by atoms with Crippen LogP contribution in [-0.4, -0.2) is 25.8 Å². The molecule has 3 aromatic rings. The summed E-state index contributed by atoms with van der Waals surface area (Å²) in [6.45, 7) is 0. The standard InChI is InChI=1S/C12H11N5S/c1-18-12-15-10-7-8-13-17(10)11(16-12)14-9-5-3-2-4-6-9/h2-8H,1H3,(H,14,15,16). The van der Waals surface area contributed by atoms with E-state index < -0.39 is 0 Å². The van der Waals surface area contributed by atoms with Crippen molar-refractivity contribution in [2.24, 2.45) is 0 Å². The lowest BCUT2D eigenvalue weighted by Gasteiger charge is -2.08. The minimum absolute atomic E-state index is 0.667. The number of para-hydroxylation sites is 1. The fraction of sp³-hybridized carbons (Fsp3) is 0.0833. The molecular formula is C12H11N5S. The van der Waals surface area contributed by atoms with E-state index in [1.165, 1.54) is 11.8 Å². The Bertz CT molecular complexity index is 665. The third-order valence-corrected chi connectivity index (χ3v) is 3.00. The molecule has 0 saturated heterocycles. The van der Waals surface area contributed by atoms with Crippen molar-refractivity contribution in [2.75, 3.05) is 11.6 Å². The van der Waals surface area contributed by atoms with Crippen LogP contribution < -0.4 is 5.32 Å². The minimum Gasteiger partial charge on any atom is -0.324 e. The summed E-state index contributed by atoms with van der Waals surface area (Å²) >= 11 is 1.51. The first-order chi connectivity index (χ1) is 8.86. The molecule has 5 nitrogen and oxygen atoms in total. The Morgan fingerprint density at radius 2 is 1.94 bits per heavy atom. The Kier molecular flexibility index (Phi) is 2.85. The van der Waals surface area contributed by atoms with Crippen molar-refractivity contribution in [1.29, 1.82) is 0 Å². The Hall–Kier alpha value is -2.08. The topological polar surface area (TPSA) is 55.1 Å². The first-order valence-electron chi connectivity index (χ1n) is 5.44. The van der Waals surface area contributed by atoms with Crippen LogP contribution in [0.25, 0.3) is 5.65 Å². The number of hydrogen-bond donors (Lipinski definition) is 1. The van der Waals surface area contributed by atoms with Crippen LogP contribution in [0.3, 0.4) is 0 Å². The van der Waals surface area contributed by atoms with E-state index >= 15 is 0 Å². The molecule has 1 aromatic carbocycles. The lowest BCUT2D eigenvalue weighted by molar-refractivity contribution is 0.848. The molecule has 90 valence electrons. The number of nitrogens with zero attached hydrogens (tertiary/aromatic N) is 4. The number of anilines is 2. The van der Waals surface area contributed by atoms with Crippen molar-refractivity contribution in [1.82, 2.24) is 19.6 Å². The molecule has 2 aromatic heterocycles. The number of thioether (sulfide) groups is 1. The Labute approximate surface area is 108 Å². The molecule has 0 bridgehead atoms. The van der Waals surface area contributed by atoms with Gasteiger partial charge in [-0.3, -0.25) is 0 Å². The third-order valence-electron chi connectivity index (χ3n) is 2.45. The van der Waals surface area contributed by atoms with Crippen molar-refractivity contribution in [3.63, 3.8) is 0 Å². The summed E-state index contributed by atoms with van der Waals surface area (Å²) in [6.07, 6.45) is 3.67. The van der Waals surface area contributed by atoms with Crippen LogP contribution in [-0.2, 0) is 0 Å². The third kappa shape index (κ3) is 2.02. The van der Waals surface area contributed by atoms with Gasteiger partial charge in [0.15, 0.2) is 10.8 Å². The zero-order valence-corrected chi connectivity index (χ0v) is 10.6. The van der Waals surface area contributed by atoms with Crippen molar-refractivity contribution in [2.45, 2.75) is 5.16 Å². The first-order valence-corrected chi connectivity index (χ1v) is 6.67. The molecule has 3 rings (SSSR count). The van der Waals surface area contributed by atoms with Gasteiger partial charge in [-0.25, -0.2) is 4.98 Å². The summed E-state index contributed by atoms with van der Waals surface area (Å²) in [6, 6.07) is 11.7. The molecule has 0 aliphatic carbocycles. The number of fused-ring (bicyclic) bond motifs is 1. The summed E-state index contributed by atoms with van der Waals surface area (Å²) in [5, 5.41) is 8.18. The van der Waals surface area contributed by atoms with Gasteiger partial charge in [0, 0.05) is 11.8 Å². The molecule has 0 aliphatic heterocycles. The normalized spacial score (nSPS) is 10.7. The highest BCUT2D eigenvalue weighted by atomic mass is 32.2. The fourth-order valence-corrected chi connectivity index (χ4v) is 1.99. The molecule has 0 unspecified atom stereocenters. The van der Waals surface area contributed by atoms with E-state index in [4.69, 9.17) is 0 Å². The maximum Gasteiger partial charge on any atom is 0.232 e. The lowest BCUT2D eigenvalue weighted by Crippen LogP contribution is -2.05. The second kappa shape index (κ2) is 4.66. The monoisotopic (exact) mass is 257 g/mol. The average Bonchev–Trinajstić information content (AvgIpc) is 2.88. The highest BCUT2D eigenvalue weighted by Gasteiger charge is 2.07. The summed E-state index contributed by atoms with van der Waals surface area (Å²) in [7, 11) is 0. The van der Waals surface area contributed by atoms with Crippen LogP contribution in [0, 0.1) is 0 Å². The van der Waals surface area contributed by atoms with E-state index in [-0.39, 0.29) is 0 Å². The number of aromatic nitrogens is 4. The van der Waals surface area contributed by atoms with E-state index in [0.29, 0.717) is 5.95 Å². The lowest BCUT2D eigenvalue weighted by atomic mass is 10.3. The number of benzene rings is 1. The second-order valence-electron chi connectivity index (χ2n) is 3.63. The molecule has 18 heavy (non-hydrogen) atoms. The van der Waals surface area contributed by atoms with Crippen molar-refractivity contribution < 1.29 is 0 Å². The van der Waals surface area contributed by atoms with Gasteiger partial charge in [-0.15, -0.1) is 0 Å². The van der Waals surface area contributed by atoms with E-state index in [2.05, 4.69) is 20.4 Å². The Morgan fingerprint density at radius 1 is 1.11 bits per heavy atom. The van der Waals surface area contributed by atoms with Crippen LogP contribution in [0.5, 0.6) is 0 Å². The van der Waals surface area contributed by atoms with Gasteiger partial charge in [0.05, 0.1) is 6.20 Å². The highest BCUT2D eigenvalue weighted by molar-refractivity contribution is 7.98. The SMILES string of the molecule is CSc1nc(Nc2ccccc2)n2nccc2n1. The van der Waals surface area contributed by atoms with Gasteiger partial charge in [0.1, 0.15) is 0 Å². The summed E-state index contributed by atoms with van der Waals surface area (Å²) < 4.78 is 1.69. The van der Waals surface area contributed by atoms with E-state index in [9.17, 15) is 0 Å². The van der Waals surface area contributed by atoms with Gasteiger partial charge in [-0.2, -0.15) is 14.6 Å². The van der Waals surface area contributed by atoms with Crippen molar-refractivity contribution >= 4 is 29.0 Å². The van der Waals surface area contributed by atoms with Gasteiger partial charge in [0.25, 0.3) is 0 Å². The van der Waals surface area contributed by atoms with E-state index in [1.807, 2.05) is 42.7 Å². The summed E-state index contributed by atoms with van der Waals surface area (Å²) in [5.74, 6) is 0.667. The number of rotatable bonds is 3. The molecule has 0 aliphatic rings. The van der Waals surface area contributed by atoms with Gasteiger partial charge in [-0.1, -0.05) is 30.0 Å². The van der Waals surface area contributed by atoms with Crippen LogP contribution >= 0.6 is 11.8 Å². The van der Waals surface area contributed by atoms with Gasteiger partial charge >= 0.3 is 0 Å². The maximum atomic E-state index is 4.43. The zero-order valence-electron chi connectivity index (χ0n) is 9.74. The zero-order chi connectivity index (χ0) is 12.4. The molecule has 0 radical (unpaired) electrons. The summed E-state index contributed by atoms with van der Waals surface area (Å²) in [4.78, 5) is 8.80. The van der Waals surface area contributed by atoms with Gasteiger partial charge in [-0.05, 0) is 18.4 Å². The van der Waals surface area contributed by atoms with Crippen LogP contribution in [0.2, 0.25) is 0 Å². The predicted octanol–water partition coefficient (Wildman–Crippen LogP) is 2.59. The molecule has 0 saturated carbocycles. The molecule has 2 heterocycles. The van der Waals surface area contributed by atoms with E-state index in [1.54, 1.807) is 10.7 Å². The fourth-order valence-electron chi connectivity index (χ4n) is 1.63. The Morgan fingerprint density at radius 3 is 2.72 bits per heavy atom. The van der Waals surface area contributed by atoms with Crippen LogP contribution in [0.15, 0.2) is 47.8 Å². The van der Waals surface area contributed by atoms with Gasteiger partial charge < -0.3 is 5.32 Å². The molecule has 1 N–H and O–H groups in total. The maximum absolute atomic E-state index is 4.43. The largest absolute Gasteiger partial charge is 0.324 e. The van der Waals surface area contributed by atoms with E-state index in [0.717, 1.165) is 16.5 Å². The first kappa shape index (κ1) is 11.0.